The van der Waals surface area contributed by atoms with Gasteiger partial charge in [0.15, 0.2) is 10.8 Å². The number of rotatable bonds is 4. The van der Waals surface area contributed by atoms with Crippen LogP contribution < -0.4 is 5.32 Å². The lowest BCUT2D eigenvalue weighted by molar-refractivity contribution is 0.102. The normalized spacial score (nSPS) is 11.0. The Labute approximate surface area is 177 Å². The molecule has 0 bridgehead atoms. The summed E-state index contributed by atoms with van der Waals surface area (Å²) in [5.41, 5.74) is 4.88. The number of hydrogen-bond acceptors (Lipinski definition) is 4. The van der Waals surface area contributed by atoms with Crippen molar-refractivity contribution in [2.45, 2.75) is 6.92 Å². The van der Waals surface area contributed by atoms with Crippen LogP contribution in [-0.2, 0) is 0 Å². The minimum Gasteiger partial charge on any atom is -0.337 e. The smallest absolute Gasteiger partial charge is 0.278 e. The van der Waals surface area contributed by atoms with E-state index in [-0.39, 0.29) is 5.91 Å². The minimum atomic E-state index is -0.289. The number of para-hydroxylation sites is 1. The summed E-state index contributed by atoms with van der Waals surface area (Å²) < 4.78 is 1.03. The Morgan fingerprint density at radius 1 is 0.867 bits per heavy atom. The van der Waals surface area contributed by atoms with Gasteiger partial charge in [0, 0.05) is 11.1 Å². The highest BCUT2D eigenvalue weighted by atomic mass is 32.1. The van der Waals surface area contributed by atoms with Gasteiger partial charge in [-0.25, -0.2) is 9.97 Å². The Balaban J connectivity index is 1.55. The van der Waals surface area contributed by atoms with Crippen LogP contribution in [0.3, 0.4) is 0 Å². The first kappa shape index (κ1) is 18.3. The zero-order valence-electron chi connectivity index (χ0n) is 16.2. The number of amides is 1. The molecule has 0 aliphatic rings. The van der Waals surface area contributed by atoms with Crippen LogP contribution in [0.1, 0.15) is 16.1 Å². The fourth-order valence-electron chi connectivity index (χ4n) is 3.28. The van der Waals surface area contributed by atoms with E-state index in [2.05, 4.69) is 20.3 Å². The standard InChI is InChI=1S/C24H18N4OS/c1-15-11-13-16(14-12-15)20-21(27-22(26-20)17-7-3-2-4-8-17)23(29)28-24-25-18-9-5-6-10-19(18)30-24/h2-14H,1H3,(H,26,27)(H,25,28,29). The van der Waals surface area contributed by atoms with Crippen molar-refractivity contribution in [3.63, 3.8) is 0 Å². The number of aryl methyl sites for hydroxylation is 1. The van der Waals surface area contributed by atoms with Crippen LogP contribution in [0.2, 0.25) is 0 Å². The number of carbonyl (C=O) groups excluding carboxylic acids is 1. The van der Waals surface area contributed by atoms with E-state index in [0.29, 0.717) is 22.3 Å². The number of aromatic amines is 1. The summed E-state index contributed by atoms with van der Waals surface area (Å²) in [5, 5.41) is 3.48. The number of H-pyrrole nitrogens is 1. The molecule has 0 unspecified atom stereocenters. The predicted octanol–water partition coefficient (Wildman–Crippen LogP) is 5.91. The maximum Gasteiger partial charge on any atom is 0.278 e. The molecule has 30 heavy (non-hydrogen) atoms. The molecule has 0 aliphatic carbocycles. The van der Waals surface area contributed by atoms with Crippen LogP contribution in [0, 0.1) is 6.92 Å². The maximum atomic E-state index is 13.2. The van der Waals surface area contributed by atoms with Crippen LogP contribution in [0.15, 0.2) is 78.9 Å². The Morgan fingerprint density at radius 2 is 1.60 bits per heavy atom. The van der Waals surface area contributed by atoms with Gasteiger partial charge in [-0.15, -0.1) is 0 Å². The first-order chi connectivity index (χ1) is 14.7. The average molecular weight is 411 g/mol. The Morgan fingerprint density at radius 3 is 2.37 bits per heavy atom. The molecule has 0 saturated carbocycles. The highest BCUT2D eigenvalue weighted by Gasteiger charge is 2.21. The van der Waals surface area contributed by atoms with E-state index in [1.807, 2.05) is 85.8 Å². The minimum absolute atomic E-state index is 0.289. The molecule has 0 atom stereocenters. The van der Waals surface area contributed by atoms with Gasteiger partial charge in [0.05, 0.1) is 15.9 Å². The van der Waals surface area contributed by atoms with Crippen LogP contribution in [-0.4, -0.2) is 20.9 Å². The molecule has 0 spiro atoms. The third-order valence-electron chi connectivity index (χ3n) is 4.82. The van der Waals surface area contributed by atoms with Crippen molar-refractivity contribution in [1.82, 2.24) is 15.0 Å². The number of nitrogens with zero attached hydrogens (tertiary/aromatic N) is 2. The third kappa shape index (κ3) is 3.49. The first-order valence-electron chi connectivity index (χ1n) is 9.57. The van der Waals surface area contributed by atoms with Gasteiger partial charge < -0.3 is 4.98 Å². The van der Waals surface area contributed by atoms with Crippen molar-refractivity contribution in [3.05, 3.63) is 90.1 Å². The molecule has 1 amide bonds. The topological polar surface area (TPSA) is 70.7 Å². The first-order valence-corrected chi connectivity index (χ1v) is 10.4. The molecule has 2 N–H and O–H groups in total. The monoisotopic (exact) mass is 410 g/mol. The number of anilines is 1. The lowest BCUT2D eigenvalue weighted by Crippen LogP contribution is -2.13. The van der Waals surface area contributed by atoms with E-state index in [0.717, 1.165) is 26.9 Å². The summed E-state index contributed by atoms with van der Waals surface area (Å²) in [6.07, 6.45) is 0. The number of thiazole rings is 1. The lowest BCUT2D eigenvalue weighted by atomic mass is 10.1. The van der Waals surface area contributed by atoms with Crippen LogP contribution in [0.4, 0.5) is 5.13 Å². The highest BCUT2D eigenvalue weighted by molar-refractivity contribution is 7.22. The summed E-state index contributed by atoms with van der Waals surface area (Å²) in [4.78, 5) is 25.7. The maximum absolute atomic E-state index is 13.2. The number of carbonyl (C=O) groups is 1. The molecule has 0 fully saturated rings. The molecule has 6 heteroatoms. The van der Waals surface area contributed by atoms with Gasteiger partial charge >= 0.3 is 0 Å². The van der Waals surface area contributed by atoms with E-state index in [1.165, 1.54) is 11.3 Å². The van der Waals surface area contributed by atoms with Crippen LogP contribution in [0.5, 0.6) is 0 Å². The summed E-state index contributed by atoms with van der Waals surface area (Å²) in [5.74, 6) is 0.365. The van der Waals surface area contributed by atoms with Gasteiger partial charge in [-0.05, 0) is 19.1 Å². The number of benzene rings is 3. The van der Waals surface area contributed by atoms with Crippen molar-refractivity contribution < 1.29 is 4.79 Å². The summed E-state index contributed by atoms with van der Waals surface area (Å²) in [7, 11) is 0. The second kappa shape index (κ2) is 7.57. The number of aromatic nitrogens is 3. The zero-order chi connectivity index (χ0) is 20.5. The Kier molecular flexibility index (Phi) is 4.61. The summed E-state index contributed by atoms with van der Waals surface area (Å²) in [6.45, 7) is 2.03. The fourth-order valence-corrected chi connectivity index (χ4v) is 4.14. The molecule has 2 aromatic heterocycles. The summed E-state index contributed by atoms with van der Waals surface area (Å²) >= 11 is 1.45. The number of nitrogens with one attached hydrogen (secondary N) is 2. The van der Waals surface area contributed by atoms with E-state index in [1.54, 1.807) is 0 Å². The predicted molar refractivity (Wildman–Crippen MR) is 122 cm³/mol. The molecule has 5 rings (SSSR count). The van der Waals surface area contributed by atoms with Crippen molar-refractivity contribution in [2.75, 3.05) is 5.32 Å². The molecule has 0 saturated heterocycles. The van der Waals surface area contributed by atoms with Crippen molar-refractivity contribution in [1.29, 1.82) is 0 Å². The van der Waals surface area contributed by atoms with Gasteiger partial charge in [-0.2, -0.15) is 0 Å². The van der Waals surface area contributed by atoms with Crippen molar-refractivity contribution >= 4 is 32.6 Å². The molecular formula is C24H18N4OS. The molecule has 0 radical (unpaired) electrons. The molecule has 3 aromatic carbocycles. The van der Waals surface area contributed by atoms with Crippen LogP contribution in [0.25, 0.3) is 32.9 Å². The van der Waals surface area contributed by atoms with E-state index < -0.39 is 0 Å². The fraction of sp³-hybridized carbons (Fsp3) is 0.0417. The van der Waals surface area contributed by atoms with Crippen molar-refractivity contribution in [3.8, 4) is 22.6 Å². The van der Waals surface area contributed by atoms with E-state index in [4.69, 9.17) is 0 Å². The molecular weight excluding hydrogens is 392 g/mol. The molecule has 5 nitrogen and oxygen atoms in total. The van der Waals surface area contributed by atoms with Gasteiger partial charge in [-0.3, -0.25) is 10.1 Å². The quantitative estimate of drug-likeness (QED) is 0.387. The highest BCUT2D eigenvalue weighted by Crippen LogP contribution is 2.29. The van der Waals surface area contributed by atoms with E-state index >= 15 is 0 Å². The zero-order valence-corrected chi connectivity index (χ0v) is 17.0. The second-order valence-electron chi connectivity index (χ2n) is 6.98. The van der Waals surface area contributed by atoms with Gasteiger partial charge in [0.2, 0.25) is 0 Å². The Bertz CT molecular complexity index is 1300. The average Bonchev–Trinajstić information content (AvgIpc) is 3.39. The SMILES string of the molecule is Cc1ccc(-c2[nH]c(-c3ccccc3)nc2C(=O)Nc2nc3ccccc3s2)cc1. The van der Waals surface area contributed by atoms with Gasteiger partial charge in [0.25, 0.3) is 5.91 Å². The summed E-state index contributed by atoms with van der Waals surface area (Å²) in [6, 6.07) is 25.6. The van der Waals surface area contributed by atoms with Crippen LogP contribution >= 0.6 is 11.3 Å². The molecule has 2 heterocycles. The second-order valence-corrected chi connectivity index (χ2v) is 8.01. The molecule has 0 aliphatic heterocycles. The number of fused-ring (bicyclic) bond motifs is 1. The lowest BCUT2D eigenvalue weighted by Gasteiger charge is -2.03. The van der Waals surface area contributed by atoms with Crippen molar-refractivity contribution in [2.24, 2.45) is 0 Å². The van der Waals surface area contributed by atoms with E-state index in [9.17, 15) is 4.79 Å². The number of imidazole rings is 1. The third-order valence-corrected chi connectivity index (χ3v) is 5.77. The van der Waals surface area contributed by atoms with Gasteiger partial charge in [-0.1, -0.05) is 83.6 Å². The number of hydrogen-bond donors (Lipinski definition) is 2. The Hall–Kier alpha value is -3.77. The van der Waals surface area contributed by atoms with Gasteiger partial charge in [0.1, 0.15) is 5.82 Å². The molecule has 146 valence electrons. The molecule has 5 aromatic rings. The largest absolute Gasteiger partial charge is 0.337 e.